The molecule has 2 aromatic heterocycles. The monoisotopic (exact) mass is 571 g/mol. The molecule has 1 N–H and O–H groups in total. The fraction of sp³-hybridized carbons (Fsp3) is 0.412. The second-order valence-corrected chi connectivity index (χ2v) is 12.0. The van der Waals surface area contributed by atoms with Crippen molar-refractivity contribution in [3.63, 3.8) is 0 Å². The van der Waals surface area contributed by atoms with Crippen molar-refractivity contribution in [3.8, 4) is 28.1 Å². The maximum absolute atomic E-state index is 15.3. The normalized spacial score (nSPS) is 21.2. The minimum absolute atomic E-state index is 0.0631. The Morgan fingerprint density at radius 1 is 1.12 bits per heavy atom. The molecule has 3 aliphatic heterocycles. The van der Waals surface area contributed by atoms with Gasteiger partial charge in [0, 0.05) is 31.5 Å². The number of hydrogen-bond donors (Lipinski definition) is 1. The average Bonchev–Trinajstić information content (AvgIpc) is 3.37. The first-order valence-electron chi connectivity index (χ1n) is 14.9. The van der Waals surface area contributed by atoms with Gasteiger partial charge in [0.05, 0.1) is 40.6 Å². The number of nitrogens with zero attached hydrogens (tertiary/aromatic N) is 3. The van der Waals surface area contributed by atoms with Crippen LogP contribution in [0.15, 0.2) is 54.7 Å². The van der Waals surface area contributed by atoms with Gasteiger partial charge < -0.3 is 19.5 Å². The lowest BCUT2D eigenvalue weighted by Gasteiger charge is -2.41. The van der Waals surface area contributed by atoms with Crippen LogP contribution in [-0.4, -0.2) is 52.1 Å². The van der Waals surface area contributed by atoms with Crippen molar-refractivity contribution < 1.29 is 23.8 Å². The molecule has 1 atom stereocenters. The number of aromatic nitrogens is 2. The Kier molecular flexibility index (Phi) is 7.66. The molecule has 0 spiro atoms. The number of halogens is 1. The molecule has 0 aliphatic carbocycles. The van der Waals surface area contributed by atoms with Gasteiger partial charge in [0.2, 0.25) is 0 Å². The van der Waals surface area contributed by atoms with Crippen LogP contribution in [-0.2, 0) is 16.0 Å². The molecule has 3 aliphatic rings. The van der Waals surface area contributed by atoms with E-state index in [2.05, 4.69) is 11.8 Å². The van der Waals surface area contributed by atoms with Crippen LogP contribution in [0.3, 0.4) is 0 Å². The average molecular weight is 572 g/mol. The predicted octanol–water partition coefficient (Wildman–Crippen LogP) is 7.07. The third kappa shape index (κ3) is 5.60. The Morgan fingerprint density at radius 3 is 2.67 bits per heavy atom. The van der Waals surface area contributed by atoms with Crippen molar-refractivity contribution >= 4 is 17.2 Å². The van der Waals surface area contributed by atoms with Gasteiger partial charge in [-0.05, 0) is 93.8 Å². The Morgan fingerprint density at radius 2 is 1.88 bits per heavy atom. The second-order valence-electron chi connectivity index (χ2n) is 12.0. The van der Waals surface area contributed by atoms with Crippen LogP contribution in [0, 0.1) is 12.7 Å². The smallest absolute Gasteiger partial charge is 0.307 e. The molecule has 0 unspecified atom stereocenters. The van der Waals surface area contributed by atoms with E-state index in [0.717, 1.165) is 78.8 Å². The lowest BCUT2D eigenvalue weighted by molar-refractivity contribution is -0.136. The number of aryl methyl sites for hydroxylation is 1. The summed E-state index contributed by atoms with van der Waals surface area (Å²) in [6.07, 6.45) is 6.19. The highest BCUT2D eigenvalue weighted by Gasteiger charge is 2.33. The van der Waals surface area contributed by atoms with Crippen LogP contribution in [0.2, 0.25) is 0 Å². The third-order valence-corrected chi connectivity index (χ3v) is 8.73. The molecule has 1 fully saturated rings. The van der Waals surface area contributed by atoms with Gasteiger partial charge in [0.25, 0.3) is 0 Å². The fourth-order valence-corrected chi connectivity index (χ4v) is 6.33. The minimum Gasteiger partial charge on any atom is -0.490 e. The van der Waals surface area contributed by atoms with Crippen LogP contribution in [0.25, 0.3) is 27.9 Å². The Balaban J connectivity index is 1.50. The summed E-state index contributed by atoms with van der Waals surface area (Å²) >= 11 is 0. The number of piperidine rings is 1. The molecule has 5 heterocycles. The van der Waals surface area contributed by atoms with Crippen LogP contribution < -0.4 is 9.64 Å². The highest BCUT2D eigenvalue weighted by atomic mass is 19.1. The Bertz CT molecular complexity index is 1620. The number of benzene rings is 2. The van der Waals surface area contributed by atoms with Gasteiger partial charge in [-0.3, -0.25) is 4.79 Å². The van der Waals surface area contributed by atoms with Gasteiger partial charge in [-0.25, -0.2) is 8.91 Å². The van der Waals surface area contributed by atoms with Crippen LogP contribution in [0.4, 0.5) is 10.1 Å². The molecule has 4 aromatic rings. The number of carboxylic acids is 1. The van der Waals surface area contributed by atoms with E-state index in [1.807, 2.05) is 61.0 Å². The molecule has 0 amide bonds. The lowest BCUT2D eigenvalue weighted by atomic mass is 9.91. The Labute approximate surface area is 245 Å². The second kappa shape index (κ2) is 11.4. The summed E-state index contributed by atoms with van der Waals surface area (Å²) < 4.78 is 29.9. The molecule has 0 saturated carbocycles. The van der Waals surface area contributed by atoms with Crippen molar-refractivity contribution in [1.82, 2.24) is 9.61 Å². The number of aliphatic carboxylic acids is 1. The van der Waals surface area contributed by atoms with E-state index in [-0.39, 0.29) is 23.9 Å². The fourth-order valence-electron chi connectivity index (χ4n) is 6.33. The van der Waals surface area contributed by atoms with E-state index in [4.69, 9.17) is 14.6 Å². The highest BCUT2D eigenvalue weighted by Crippen LogP contribution is 2.39. The number of anilines is 1. The van der Waals surface area contributed by atoms with E-state index in [1.54, 1.807) is 6.07 Å². The standard InChI is InChI=1S/C34H38FN3O4/c1-22-21-38-29-20-28(36-38)24-9-6-10-25(18-24)32-27(35)11-7-12-30(32)42-23(2)8-4-5-17-41-34(3)13-15-37(16-14-34)33(29)26(22)19-31(39)40/h6-7,9-12,18,20-21,23H,4-5,8,13-17,19H2,1-3H3,(H,39,40)/t23-/m0/s1. The predicted molar refractivity (Wildman–Crippen MR) is 162 cm³/mol. The minimum atomic E-state index is -0.861. The number of hydrogen-bond acceptors (Lipinski definition) is 5. The van der Waals surface area contributed by atoms with Crippen molar-refractivity contribution in [1.29, 1.82) is 0 Å². The third-order valence-electron chi connectivity index (χ3n) is 8.73. The zero-order chi connectivity index (χ0) is 29.4. The molecule has 6 bridgehead atoms. The van der Waals surface area contributed by atoms with Crippen molar-refractivity contribution in [2.45, 2.75) is 71.0 Å². The molecule has 8 heteroatoms. The quantitative estimate of drug-likeness (QED) is 0.277. The first-order chi connectivity index (χ1) is 20.2. The SMILES string of the molecule is Cc1cn2nc3cc2c(c1CC(=O)O)N1CCC(C)(CC1)OCCCC[C@H](C)Oc1cccc(F)c1-c1cccc-3c1. The number of carbonyl (C=O) groups is 1. The molecule has 2 aromatic carbocycles. The number of pyridine rings is 1. The number of rotatable bonds is 2. The topological polar surface area (TPSA) is 76.3 Å². The maximum Gasteiger partial charge on any atom is 0.307 e. The maximum atomic E-state index is 15.3. The lowest BCUT2D eigenvalue weighted by Crippen LogP contribution is -2.45. The summed E-state index contributed by atoms with van der Waals surface area (Å²) in [4.78, 5) is 14.2. The summed E-state index contributed by atoms with van der Waals surface area (Å²) in [6, 6.07) is 14.7. The van der Waals surface area contributed by atoms with E-state index >= 15 is 4.39 Å². The van der Waals surface area contributed by atoms with Crippen molar-refractivity contribution in [3.05, 3.63) is 71.7 Å². The molecule has 0 radical (unpaired) electrons. The van der Waals surface area contributed by atoms with Crippen LogP contribution in [0.1, 0.15) is 57.1 Å². The molecule has 220 valence electrons. The molecular weight excluding hydrogens is 533 g/mol. The van der Waals surface area contributed by atoms with Gasteiger partial charge in [0.1, 0.15) is 11.6 Å². The number of ether oxygens (including phenoxy) is 2. The summed E-state index contributed by atoms with van der Waals surface area (Å²) in [7, 11) is 0. The van der Waals surface area contributed by atoms with Gasteiger partial charge in [-0.2, -0.15) is 5.10 Å². The molecule has 7 nitrogen and oxygen atoms in total. The first-order valence-corrected chi connectivity index (χ1v) is 14.9. The van der Waals surface area contributed by atoms with Gasteiger partial charge in [0.15, 0.2) is 0 Å². The zero-order valence-electron chi connectivity index (χ0n) is 24.5. The molecule has 1 saturated heterocycles. The van der Waals surface area contributed by atoms with Crippen LogP contribution >= 0.6 is 0 Å². The van der Waals surface area contributed by atoms with E-state index < -0.39 is 5.97 Å². The van der Waals surface area contributed by atoms with Crippen LogP contribution in [0.5, 0.6) is 5.75 Å². The first kappa shape index (κ1) is 28.2. The van der Waals surface area contributed by atoms with Gasteiger partial charge in [-0.15, -0.1) is 0 Å². The highest BCUT2D eigenvalue weighted by molar-refractivity contribution is 5.86. The van der Waals surface area contributed by atoms with Gasteiger partial charge >= 0.3 is 5.97 Å². The largest absolute Gasteiger partial charge is 0.490 e. The molecule has 7 rings (SSSR count). The van der Waals surface area contributed by atoms with Crippen molar-refractivity contribution in [2.75, 3.05) is 24.6 Å². The molecule has 42 heavy (non-hydrogen) atoms. The number of fused-ring (bicyclic) bond motifs is 8. The zero-order valence-corrected chi connectivity index (χ0v) is 24.5. The summed E-state index contributed by atoms with van der Waals surface area (Å²) in [6.45, 7) is 8.36. The number of carboxylic acid groups (broad SMARTS) is 1. The summed E-state index contributed by atoms with van der Waals surface area (Å²) in [5, 5.41) is 14.7. The summed E-state index contributed by atoms with van der Waals surface area (Å²) in [5.74, 6) is -0.676. The van der Waals surface area contributed by atoms with E-state index in [0.29, 0.717) is 23.5 Å². The van der Waals surface area contributed by atoms with Crippen molar-refractivity contribution in [2.24, 2.45) is 0 Å². The Hall–Kier alpha value is -3.91. The van der Waals surface area contributed by atoms with E-state index in [1.165, 1.54) is 6.07 Å². The summed E-state index contributed by atoms with van der Waals surface area (Å²) in [5.41, 5.74) is 5.97. The van der Waals surface area contributed by atoms with E-state index in [9.17, 15) is 9.90 Å². The van der Waals surface area contributed by atoms with Gasteiger partial charge in [-0.1, -0.05) is 24.3 Å². The molecular formula is C34H38FN3O4.